The van der Waals surface area contributed by atoms with Gasteiger partial charge in [0.05, 0.1) is 6.61 Å². The third kappa shape index (κ3) is 4.50. The number of amides is 3. The molecule has 0 aliphatic carbocycles. The van der Waals surface area contributed by atoms with E-state index in [9.17, 15) is 19.5 Å². The van der Waals surface area contributed by atoms with Crippen molar-refractivity contribution in [3.8, 4) is 0 Å². The van der Waals surface area contributed by atoms with Crippen LogP contribution in [0.1, 0.15) is 47.6 Å². The summed E-state index contributed by atoms with van der Waals surface area (Å²) < 4.78 is -0.538. The number of fused-ring (bicyclic) bond motifs is 3. The van der Waals surface area contributed by atoms with E-state index in [1.807, 2.05) is 62.4 Å². The van der Waals surface area contributed by atoms with Gasteiger partial charge in [0.15, 0.2) is 0 Å². The monoisotopic (exact) mass is 467 g/mol. The van der Waals surface area contributed by atoms with Crippen molar-refractivity contribution in [1.82, 2.24) is 15.5 Å². The van der Waals surface area contributed by atoms with Crippen LogP contribution in [0.2, 0.25) is 0 Å². The molecule has 7 nitrogen and oxygen atoms in total. The van der Waals surface area contributed by atoms with Gasteiger partial charge in [-0.05, 0) is 38.0 Å². The zero-order valence-electron chi connectivity index (χ0n) is 18.9. The number of benzene rings is 2. The van der Waals surface area contributed by atoms with Gasteiger partial charge in [0.25, 0.3) is 5.91 Å². The second kappa shape index (κ2) is 9.19. The first-order chi connectivity index (χ1) is 15.7. The van der Waals surface area contributed by atoms with Crippen LogP contribution in [0.4, 0.5) is 0 Å². The van der Waals surface area contributed by atoms with Crippen LogP contribution in [-0.4, -0.2) is 57.2 Å². The molecule has 33 heavy (non-hydrogen) atoms. The van der Waals surface area contributed by atoms with Crippen LogP contribution in [0, 0.1) is 0 Å². The molecular weight excluding hydrogens is 438 g/mol. The van der Waals surface area contributed by atoms with Crippen molar-refractivity contribution < 1.29 is 19.5 Å². The highest BCUT2D eigenvalue weighted by Gasteiger charge is 2.57. The predicted molar refractivity (Wildman–Crippen MR) is 128 cm³/mol. The van der Waals surface area contributed by atoms with Crippen molar-refractivity contribution in [1.29, 1.82) is 0 Å². The molecule has 4 rings (SSSR count). The Bertz CT molecular complexity index is 1060. The van der Waals surface area contributed by atoms with Gasteiger partial charge in [0.2, 0.25) is 11.8 Å². The highest BCUT2D eigenvalue weighted by Crippen LogP contribution is 2.56. The van der Waals surface area contributed by atoms with E-state index in [0.29, 0.717) is 12.0 Å². The molecule has 4 atom stereocenters. The standard InChI is InChI=1S/C25H29N3O4S/c1-15(14-29)26-21(30)19(13-16-9-5-4-6-10-16)27-22(31)20-25(2,3)33-24-18-12-8-7-11-17(18)23(32)28(20)24/h4-12,15,19-20,24,29H,13-14H2,1-3H3,(H,26,30)(H,27,31)/t15-,19-,20-,24+/m0/s1. The van der Waals surface area contributed by atoms with Gasteiger partial charge in [-0.2, -0.15) is 0 Å². The van der Waals surface area contributed by atoms with Crippen molar-refractivity contribution in [2.75, 3.05) is 6.61 Å². The Morgan fingerprint density at radius 2 is 1.76 bits per heavy atom. The minimum absolute atomic E-state index is 0.160. The molecule has 1 fully saturated rings. The molecule has 0 bridgehead atoms. The number of thioether (sulfide) groups is 1. The maximum absolute atomic E-state index is 13.6. The van der Waals surface area contributed by atoms with Crippen molar-refractivity contribution in [2.24, 2.45) is 0 Å². The summed E-state index contributed by atoms with van der Waals surface area (Å²) in [4.78, 5) is 41.4. The average Bonchev–Trinajstić information content (AvgIpc) is 3.23. The van der Waals surface area contributed by atoms with Crippen LogP contribution >= 0.6 is 11.8 Å². The summed E-state index contributed by atoms with van der Waals surface area (Å²) in [6, 6.07) is 14.9. The van der Waals surface area contributed by atoms with Crippen LogP contribution < -0.4 is 10.6 Å². The van der Waals surface area contributed by atoms with Crippen LogP contribution in [0.3, 0.4) is 0 Å². The minimum Gasteiger partial charge on any atom is -0.394 e. The minimum atomic E-state index is -0.839. The molecule has 2 aliphatic rings. The van der Waals surface area contributed by atoms with Crippen LogP contribution in [0.25, 0.3) is 0 Å². The lowest BCUT2D eigenvalue weighted by Gasteiger charge is -2.31. The predicted octanol–water partition coefficient (Wildman–Crippen LogP) is 2.26. The molecule has 3 N–H and O–H groups in total. The van der Waals surface area contributed by atoms with E-state index in [4.69, 9.17) is 0 Å². The lowest BCUT2D eigenvalue weighted by Crippen LogP contribution is -2.58. The number of aliphatic hydroxyl groups is 1. The van der Waals surface area contributed by atoms with Crippen LogP contribution in [-0.2, 0) is 16.0 Å². The summed E-state index contributed by atoms with van der Waals surface area (Å²) in [5.74, 6) is -0.888. The number of carbonyl (C=O) groups excluding carboxylic acids is 3. The maximum Gasteiger partial charge on any atom is 0.256 e. The Labute approximate surface area is 197 Å². The molecule has 174 valence electrons. The third-order valence-electron chi connectivity index (χ3n) is 6.12. The van der Waals surface area contributed by atoms with E-state index in [0.717, 1.165) is 11.1 Å². The normalized spacial score (nSPS) is 22.3. The fourth-order valence-electron chi connectivity index (χ4n) is 4.50. The molecule has 1 saturated heterocycles. The molecule has 8 heteroatoms. The lowest BCUT2D eigenvalue weighted by atomic mass is 9.99. The molecule has 0 unspecified atom stereocenters. The second-order valence-electron chi connectivity index (χ2n) is 9.12. The molecular formula is C25H29N3O4S. The SMILES string of the molecule is C[C@@H](CO)NC(=O)[C@H](Cc1ccccc1)NC(=O)[C@@H]1N2C(=O)c3ccccc3[C@H]2SC1(C)C. The summed E-state index contributed by atoms with van der Waals surface area (Å²) >= 11 is 1.59. The van der Waals surface area contributed by atoms with Crippen molar-refractivity contribution in [3.63, 3.8) is 0 Å². The maximum atomic E-state index is 13.6. The molecule has 3 amide bonds. The molecule has 0 spiro atoms. The Kier molecular flexibility index (Phi) is 6.50. The molecule has 2 aliphatic heterocycles. The number of nitrogens with one attached hydrogen (secondary N) is 2. The zero-order valence-corrected chi connectivity index (χ0v) is 19.8. The number of nitrogens with zero attached hydrogens (tertiary/aromatic N) is 1. The van der Waals surface area contributed by atoms with E-state index in [1.165, 1.54) is 0 Å². The van der Waals surface area contributed by atoms with Gasteiger partial charge in [0, 0.05) is 22.8 Å². The largest absolute Gasteiger partial charge is 0.394 e. The van der Waals surface area contributed by atoms with Gasteiger partial charge in [-0.1, -0.05) is 48.5 Å². The summed E-state index contributed by atoms with van der Waals surface area (Å²) in [5.41, 5.74) is 2.45. The van der Waals surface area contributed by atoms with E-state index < -0.39 is 22.9 Å². The number of hydrogen-bond donors (Lipinski definition) is 3. The fraction of sp³-hybridized carbons (Fsp3) is 0.400. The smallest absolute Gasteiger partial charge is 0.256 e. The number of hydrogen-bond acceptors (Lipinski definition) is 5. The van der Waals surface area contributed by atoms with Gasteiger partial charge in [-0.15, -0.1) is 11.8 Å². The summed E-state index contributed by atoms with van der Waals surface area (Å²) in [6.45, 7) is 5.40. The summed E-state index contributed by atoms with van der Waals surface area (Å²) in [7, 11) is 0. The summed E-state index contributed by atoms with van der Waals surface area (Å²) in [6.07, 6.45) is 0.300. The van der Waals surface area contributed by atoms with E-state index in [1.54, 1.807) is 29.7 Å². The second-order valence-corrected chi connectivity index (χ2v) is 10.9. The Hall–Kier alpha value is -2.84. The highest BCUT2D eigenvalue weighted by atomic mass is 32.2. The van der Waals surface area contributed by atoms with Crippen molar-refractivity contribution >= 4 is 29.5 Å². The first-order valence-corrected chi connectivity index (χ1v) is 12.0. The Morgan fingerprint density at radius 1 is 1.09 bits per heavy atom. The van der Waals surface area contributed by atoms with Gasteiger partial charge < -0.3 is 20.6 Å². The van der Waals surface area contributed by atoms with E-state index in [2.05, 4.69) is 10.6 Å². The quantitative estimate of drug-likeness (QED) is 0.580. The third-order valence-corrected chi connectivity index (χ3v) is 7.66. The lowest BCUT2D eigenvalue weighted by molar-refractivity contribution is -0.132. The van der Waals surface area contributed by atoms with E-state index in [-0.39, 0.29) is 29.7 Å². The van der Waals surface area contributed by atoms with Gasteiger partial charge in [-0.25, -0.2) is 0 Å². The summed E-state index contributed by atoms with van der Waals surface area (Å²) in [5, 5.41) is 14.8. The highest BCUT2D eigenvalue weighted by molar-refractivity contribution is 8.01. The zero-order chi connectivity index (χ0) is 23.8. The molecule has 0 aromatic heterocycles. The first-order valence-electron chi connectivity index (χ1n) is 11.1. The first kappa shape index (κ1) is 23.3. The number of carbonyl (C=O) groups is 3. The topological polar surface area (TPSA) is 98.7 Å². The van der Waals surface area contributed by atoms with E-state index >= 15 is 0 Å². The Balaban J connectivity index is 1.59. The number of rotatable bonds is 7. The van der Waals surface area contributed by atoms with Crippen LogP contribution in [0.15, 0.2) is 54.6 Å². The molecule has 2 aromatic rings. The van der Waals surface area contributed by atoms with Gasteiger partial charge >= 0.3 is 0 Å². The van der Waals surface area contributed by atoms with Crippen LogP contribution in [0.5, 0.6) is 0 Å². The fourth-order valence-corrected chi connectivity index (χ4v) is 6.09. The van der Waals surface area contributed by atoms with Gasteiger partial charge in [-0.3, -0.25) is 14.4 Å². The molecule has 0 saturated carbocycles. The number of aliphatic hydroxyl groups excluding tert-OH is 1. The molecule has 2 aromatic carbocycles. The molecule has 2 heterocycles. The van der Waals surface area contributed by atoms with Crippen molar-refractivity contribution in [2.45, 2.75) is 55.4 Å². The molecule has 0 radical (unpaired) electrons. The van der Waals surface area contributed by atoms with Gasteiger partial charge in [0.1, 0.15) is 17.5 Å². The van der Waals surface area contributed by atoms with Crippen molar-refractivity contribution in [3.05, 3.63) is 71.3 Å². The average molecular weight is 468 g/mol. The Morgan fingerprint density at radius 3 is 2.45 bits per heavy atom.